The molecule has 17 heavy (non-hydrogen) atoms. The molecule has 1 fully saturated rings. The van der Waals surface area contributed by atoms with Gasteiger partial charge in [0.25, 0.3) is 0 Å². The lowest BCUT2D eigenvalue weighted by atomic mass is 10.0. The highest BCUT2D eigenvalue weighted by Crippen LogP contribution is 2.29. The SMILES string of the molecule is CC(C)c1cc(F)c(N2CCCCC2)c(F)c1. The quantitative estimate of drug-likeness (QED) is 0.751. The Morgan fingerprint density at radius 3 is 2.00 bits per heavy atom. The number of benzene rings is 1. The van der Waals surface area contributed by atoms with Gasteiger partial charge in [-0.3, -0.25) is 0 Å². The lowest BCUT2D eigenvalue weighted by molar-refractivity contribution is 0.528. The van der Waals surface area contributed by atoms with E-state index in [-0.39, 0.29) is 11.6 Å². The minimum absolute atomic E-state index is 0.148. The standard InChI is InChI=1S/C14H19F2N/c1-10(2)11-8-12(15)14(13(16)9-11)17-6-4-3-5-7-17/h8-10H,3-7H2,1-2H3. The second-order valence-corrected chi connectivity index (χ2v) is 5.04. The van der Waals surface area contributed by atoms with E-state index in [1.54, 1.807) is 0 Å². The molecule has 1 aliphatic rings. The Morgan fingerprint density at radius 1 is 1.00 bits per heavy atom. The van der Waals surface area contributed by atoms with E-state index in [4.69, 9.17) is 0 Å². The fraction of sp³-hybridized carbons (Fsp3) is 0.571. The highest BCUT2D eigenvalue weighted by molar-refractivity contribution is 5.51. The van der Waals surface area contributed by atoms with Gasteiger partial charge in [-0.2, -0.15) is 0 Å². The Hall–Kier alpha value is -1.12. The molecule has 1 aromatic carbocycles. The summed E-state index contributed by atoms with van der Waals surface area (Å²) in [5, 5.41) is 0. The highest BCUT2D eigenvalue weighted by atomic mass is 19.1. The minimum Gasteiger partial charge on any atom is -0.367 e. The summed E-state index contributed by atoms with van der Waals surface area (Å²) in [4.78, 5) is 1.83. The molecule has 1 aromatic rings. The van der Waals surface area contributed by atoms with E-state index in [2.05, 4.69) is 0 Å². The van der Waals surface area contributed by atoms with Gasteiger partial charge in [0, 0.05) is 13.1 Å². The second kappa shape index (κ2) is 5.03. The Balaban J connectivity index is 2.33. The number of anilines is 1. The van der Waals surface area contributed by atoms with Crippen molar-refractivity contribution in [2.75, 3.05) is 18.0 Å². The molecule has 0 N–H and O–H groups in total. The van der Waals surface area contributed by atoms with Crippen molar-refractivity contribution < 1.29 is 8.78 Å². The fourth-order valence-electron chi connectivity index (χ4n) is 2.34. The summed E-state index contributed by atoms with van der Waals surface area (Å²) in [7, 11) is 0. The summed E-state index contributed by atoms with van der Waals surface area (Å²) in [6, 6.07) is 2.94. The monoisotopic (exact) mass is 239 g/mol. The Morgan fingerprint density at radius 2 is 1.53 bits per heavy atom. The van der Waals surface area contributed by atoms with Crippen LogP contribution < -0.4 is 4.90 Å². The average molecular weight is 239 g/mol. The molecule has 0 radical (unpaired) electrons. The van der Waals surface area contributed by atoms with Crippen LogP contribution >= 0.6 is 0 Å². The molecule has 1 aliphatic heterocycles. The Kier molecular flexibility index (Phi) is 3.65. The smallest absolute Gasteiger partial charge is 0.149 e. The number of piperidine rings is 1. The van der Waals surface area contributed by atoms with Crippen LogP contribution in [0, 0.1) is 11.6 Å². The molecule has 0 aliphatic carbocycles. The van der Waals surface area contributed by atoms with Gasteiger partial charge in [0.15, 0.2) is 0 Å². The molecule has 0 bridgehead atoms. The Bertz CT molecular complexity index is 372. The first-order valence-corrected chi connectivity index (χ1v) is 6.33. The molecular formula is C14H19F2N. The number of halogens is 2. The molecule has 3 heteroatoms. The van der Waals surface area contributed by atoms with Gasteiger partial charge in [-0.15, -0.1) is 0 Å². The van der Waals surface area contributed by atoms with Gasteiger partial charge in [0.05, 0.1) is 0 Å². The van der Waals surface area contributed by atoms with E-state index < -0.39 is 11.6 Å². The maximum Gasteiger partial charge on any atom is 0.149 e. The van der Waals surface area contributed by atoms with Crippen molar-refractivity contribution in [1.29, 1.82) is 0 Å². The third-order valence-electron chi connectivity index (χ3n) is 3.38. The van der Waals surface area contributed by atoms with E-state index in [0.717, 1.165) is 37.9 Å². The van der Waals surface area contributed by atoms with Crippen molar-refractivity contribution in [3.63, 3.8) is 0 Å². The predicted octanol–water partition coefficient (Wildman–Crippen LogP) is 4.08. The van der Waals surface area contributed by atoms with E-state index in [1.807, 2.05) is 18.7 Å². The summed E-state index contributed by atoms with van der Waals surface area (Å²) in [6.07, 6.45) is 3.19. The number of hydrogen-bond acceptors (Lipinski definition) is 1. The van der Waals surface area contributed by atoms with E-state index >= 15 is 0 Å². The molecule has 2 rings (SSSR count). The van der Waals surface area contributed by atoms with Crippen LogP contribution in [0.5, 0.6) is 0 Å². The summed E-state index contributed by atoms with van der Waals surface area (Å²) in [5.74, 6) is -0.694. The van der Waals surface area contributed by atoms with Crippen molar-refractivity contribution in [2.24, 2.45) is 0 Å². The third-order valence-corrected chi connectivity index (χ3v) is 3.38. The molecule has 1 heterocycles. The van der Waals surface area contributed by atoms with Crippen LogP contribution in [-0.2, 0) is 0 Å². The highest BCUT2D eigenvalue weighted by Gasteiger charge is 2.20. The summed E-state index contributed by atoms with van der Waals surface area (Å²) in [5.41, 5.74) is 0.884. The lowest BCUT2D eigenvalue weighted by Gasteiger charge is -2.29. The van der Waals surface area contributed by atoms with Crippen LogP contribution in [0.1, 0.15) is 44.6 Å². The normalized spacial score (nSPS) is 16.6. The van der Waals surface area contributed by atoms with Gasteiger partial charge in [-0.25, -0.2) is 8.78 Å². The molecule has 0 atom stereocenters. The van der Waals surface area contributed by atoms with Crippen LogP contribution in [0.3, 0.4) is 0 Å². The van der Waals surface area contributed by atoms with E-state index in [0.29, 0.717) is 0 Å². The molecule has 0 aromatic heterocycles. The van der Waals surface area contributed by atoms with Gasteiger partial charge in [-0.1, -0.05) is 13.8 Å². The van der Waals surface area contributed by atoms with Crippen LogP contribution in [0.15, 0.2) is 12.1 Å². The molecule has 0 saturated carbocycles. The van der Waals surface area contributed by atoms with Gasteiger partial charge in [0.2, 0.25) is 0 Å². The zero-order chi connectivity index (χ0) is 12.4. The maximum atomic E-state index is 14.0. The number of rotatable bonds is 2. The first kappa shape index (κ1) is 12.3. The van der Waals surface area contributed by atoms with Crippen LogP contribution in [0.2, 0.25) is 0 Å². The largest absolute Gasteiger partial charge is 0.367 e. The van der Waals surface area contributed by atoms with Gasteiger partial charge >= 0.3 is 0 Å². The summed E-state index contributed by atoms with van der Waals surface area (Å²) >= 11 is 0. The fourth-order valence-corrected chi connectivity index (χ4v) is 2.34. The van der Waals surface area contributed by atoms with E-state index in [1.165, 1.54) is 12.1 Å². The average Bonchev–Trinajstić information content (AvgIpc) is 2.29. The topological polar surface area (TPSA) is 3.24 Å². The Labute approximate surface area is 101 Å². The van der Waals surface area contributed by atoms with Crippen LogP contribution in [0.4, 0.5) is 14.5 Å². The van der Waals surface area contributed by atoms with Gasteiger partial charge < -0.3 is 4.90 Å². The van der Waals surface area contributed by atoms with Crippen molar-refractivity contribution >= 4 is 5.69 Å². The van der Waals surface area contributed by atoms with E-state index in [9.17, 15) is 8.78 Å². The summed E-state index contributed by atoms with van der Waals surface area (Å²) < 4.78 is 27.9. The summed E-state index contributed by atoms with van der Waals surface area (Å²) in [6.45, 7) is 5.40. The lowest BCUT2D eigenvalue weighted by Crippen LogP contribution is -2.31. The van der Waals surface area contributed by atoms with Gasteiger partial charge in [0.1, 0.15) is 17.3 Å². The molecule has 0 unspecified atom stereocenters. The number of hydrogen-bond donors (Lipinski definition) is 0. The number of nitrogens with zero attached hydrogens (tertiary/aromatic N) is 1. The molecule has 94 valence electrons. The minimum atomic E-state index is -0.421. The molecule has 1 saturated heterocycles. The van der Waals surface area contributed by atoms with Crippen molar-refractivity contribution in [3.8, 4) is 0 Å². The maximum absolute atomic E-state index is 14.0. The van der Waals surface area contributed by atoms with Crippen molar-refractivity contribution in [1.82, 2.24) is 0 Å². The zero-order valence-corrected chi connectivity index (χ0v) is 10.5. The predicted molar refractivity (Wildman–Crippen MR) is 66.5 cm³/mol. The molecule has 0 amide bonds. The first-order chi connectivity index (χ1) is 8.09. The van der Waals surface area contributed by atoms with Crippen molar-refractivity contribution in [3.05, 3.63) is 29.3 Å². The zero-order valence-electron chi connectivity index (χ0n) is 10.5. The van der Waals surface area contributed by atoms with Crippen LogP contribution in [0.25, 0.3) is 0 Å². The molecule has 1 nitrogen and oxygen atoms in total. The first-order valence-electron chi connectivity index (χ1n) is 6.33. The van der Waals surface area contributed by atoms with Gasteiger partial charge in [-0.05, 0) is 42.9 Å². The molecular weight excluding hydrogens is 220 g/mol. The van der Waals surface area contributed by atoms with Crippen LogP contribution in [-0.4, -0.2) is 13.1 Å². The molecule has 0 spiro atoms. The van der Waals surface area contributed by atoms with Crippen molar-refractivity contribution in [2.45, 2.75) is 39.0 Å². The third kappa shape index (κ3) is 2.59. The second-order valence-electron chi connectivity index (χ2n) is 5.04.